The summed E-state index contributed by atoms with van der Waals surface area (Å²) in [6.45, 7) is 11.0. The van der Waals surface area contributed by atoms with Crippen molar-refractivity contribution in [3.05, 3.63) is 12.2 Å². The van der Waals surface area contributed by atoms with Crippen LogP contribution in [-0.2, 0) is 13.1 Å². The summed E-state index contributed by atoms with van der Waals surface area (Å²) in [6, 6.07) is 3.06. The SMILES string of the molecule is CC(C)NC(C)(C#N)CC(C)N1CCn2cnnc2C1. The largest absolute Gasteiger partial charge is 0.315 e. The van der Waals surface area contributed by atoms with Gasteiger partial charge in [-0.2, -0.15) is 5.26 Å². The van der Waals surface area contributed by atoms with Crippen molar-refractivity contribution < 1.29 is 0 Å². The molecular weight excluding hydrogens is 252 g/mol. The fraction of sp³-hybridized carbons (Fsp3) is 0.786. The van der Waals surface area contributed by atoms with Crippen molar-refractivity contribution in [2.24, 2.45) is 0 Å². The zero-order chi connectivity index (χ0) is 14.8. The first-order valence-electron chi connectivity index (χ1n) is 7.23. The summed E-state index contributed by atoms with van der Waals surface area (Å²) in [6.07, 6.45) is 2.59. The van der Waals surface area contributed by atoms with E-state index in [9.17, 15) is 5.26 Å². The summed E-state index contributed by atoms with van der Waals surface area (Å²) in [7, 11) is 0. The van der Waals surface area contributed by atoms with Gasteiger partial charge in [0.15, 0.2) is 0 Å². The van der Waals surface area contributed by atoms with Gasteiger partial charge >= 0.3 is 0 Å². The van der Waals surface area contributed by atoms with Crippen LogP contribution >= 0.6 is 0 Å². The van der Waals surface area contributed by atoms with Gasteiger partial charge in [0.05, 0.1) is 12.6 Å². The molecule has 0 saturated carbocycles. The van der Waals surface area contributed by atoms with Crippen LogP contribution in [0.4, 0.5) is 0 Å². The molecule has 0 radical (unpaired) electrons. The second-order valence-electron chi connectivity index (χ2n) is 6.21. The molecule has 0 saturated heterocycles. The maximum atomic E-state index is 9.45. The summed E-state index contributed by atoms with van der Waals surface area (Å²) in [5, 5.41) is 20.9. The van der Waals surface area contributed by atoms with E-state index >= 15 is 0 Å². The molecule has 0 bridgehead atoms. The molecule has 1 aromatic heterocycles. The molecule has 20 heavy (non-hydrogen) atoms. The quantitative estimate of drug-likeness (QED) is 0.873. The number of fused-ring (bicyclic) bond motifs is 1. The highest BCUT2D eigenvalue weighted by Crippen LogP contribution is 2.20. The van der Waals surface area contributed by atoms with Gasteiger partial charge < -0.3 is 4.57 Å². The highest BCUT2D eigenvalue weighted by Gasteiger charge is 2.31. The van der Waals surface area contributed by atoms with E-state index in [0.29, 0.717) is 12.1 Å². The molecule has 110 valence electrons. The number of nitrogens with zero attached hydrogens (tertiary/aromatic N) is 5. The molecule has 1 aromatic rings. The van der Waals surface area contributed by atoms with E-state index in [1.54, 1.807) is 6.33 Å². The first-order valence-corrected chi connectivity index (χ1v) is 7.23. The lowest BCUT2D eigenvalue weighted by Gasteiger charge is -2.36. The van der Waals surface area contributed by atoms with E-state index in [1.165, 1.54) is 0 Å². The molecule has 0 amide bonds. The monoisotopic (exact) mass is 276 g/mol. The Labute approximate surface area is 120 Å². The minimum absolute atomic E-state index is 0.302. The molecule has 0 fully saturated rings. The Balaban J connectivity index is 1.98. The van der Waals surface area contributed by atoms with E-state index < -0.39 is 5.54 Å². The van der Waals surface area contributed by atoms with Gasteiger partial charge in [0, 0.05) is 25.2 Å². The average molecular weight is 276 g/mol. The van der Waals surface area contributed by atoms with E-state index in [-0.39, 0.29) is 0 Å². The number of aromatic nitrogens is 3. The highest BCUT2D eigenvalue weighted by molar-refractivity contribution is 5.06. The third kappa shape index (κ3) is 3.35. The minimum atomic E-state index is -0.487. The summed E-state index contributed by atoms with van der Waals surface area (Å²) in [5.74, 6) is 1.01. The van der Waals surface area contributed by atoms with Crippen molar-refractivity contribution in [1.82, 2.24) is 25.0 Å². The van der Waals surface area contributed by atoms with Gasteiger partial charge in [-0.1, -0.05) is 0 Å². The fourth-order valence-electron chi connectivity index (χ4n) is 2.96. The molecule has 2 atom stereocenters. The Morgan fingerprint density at radius 2 is 2.20 bits per heavy atom. The van der Waals surface area contributed by atoms with Crippen molar-refractivity contribution in [3.63, 3.8) is 0 Å². The van der Waals surface area contributed by atoms with Crippen LogP contribution in [0.2, 0.25) is 0 Å². The Morgan fingerprint density at radius 3 is 2.85 bits per heavy atom. The van der Waals surface area contributed by atoms with E-state index in [1.807, 2.05) is 6.92 Å². The van der Waals surface area contributed by atoms with Crippen LogP contribution < -0.4 is 5.32 Å². The van der Waals surface area contributed by atoms with Crippen LogP contribution in [-0.4, -0.2) is 43.8 Å². The summed E-state index contributed by atoms with van der Waals surface area (Å²) in [5.41, 5.74) is -0.487. The number of nitrogens with one attached hydrogen (secondary N) is 1. The fourth-order valence-corrected chi connectivity index (χ4v) is 2.96. The van der Waals surface area contributed by atoms with Gasteiger partial charge in [-0.25, -0.2) is 0 Å². The first kappa shape index (κ1) is 14.9. The number of hydrogen-bond acceptors (Lipinski definition) is 5. The zero-order valence-corrected chi connectivity index (χ0v) is 12.8. The molecule has 0 spiro atoms. The number of rotatable bonds is 5. The Hall–Kier alpha value is -1.45. The van der Waals surface area contributed by atoms with Crippen LogP contribution in [0.15, 0.2) is 6.33 Å². The molecule has 0 aromatic carbocycles. The molecular formula is C14H24N6. The molecule has 1 aliphatic rings. The zero-order valence-electron chi connectivity index (χ0n) is 12.8. The molecule has 2 rings (SSSR count). The van der Waals surface area contributed by atoms with Crippen LogP contribution in [0.3, 0.4) is 0 Å². The molecule has 0 aliphatic carbocycles. The van der Waals surface area contributed by atoms with E-state index in [0.717, 1.165) is 31.9 Å². The molecule has 2 unspecified atom stereocenters. The summed E-state index contributed by atoms with van der Waals surface area (Å²) >= 11 is 0. The van der Waals surface area contributed by atoms with Crippen LogP contribution in [0.5, 0.6) is 0 Å². The second-order valence-corrected chi connectivity index (χ2v) is 6.21. The second kappa shape index (κ2) is 5.90. The minimum Gasteiger partial charge on any atom is -0.315 e. The van der Waals surface area contributed by atoms with E-state index in [2.05, 4.69) is 51.8 Å². The van der Waals surface area contributed by atoms with Crippen LogP contribution in [0, 0.1) is 11.3 Å². The van der Waals surface area contributed by atoms with Gasteiger partial charge in [0.25, 0.3) is 0 Å². The van der Waals surface area contributed by atoms with Crippen molar-refractivity contribution in [3.8, 4) is 6.07 Å². The highest BCUT2D eigenvalue weighted by atomic mass is 15.3. The molecule has 6 heteroatoms. The predicted octanol–water partition coefficient (Wildman–Crippen LogP) is 1.15. The molecule has 6 nitrogen and oxygen atoms in total. The standard InChI is InChI=1S/C14H24N6/c1-11(2)17-14(4,9-15)7-12(3)19-5-6-20-10-16-18-13(20)8-19/h10-12,17H,5-8H2,1-4H3. The van der Waals surface area contributed by atoms with Crippen LogP contribution in [0.1, 0.15) is 39.9 Å². The summed E-state index contributed by atoms with van der Waals surface area (Å²) in [4.78, 5) is 2.38. The Kier molecular flexibility index (Phi) is 4.41. The maximum Gasteiger partial charge on any atom is 0.147 e. The van der Waals surface area contributed by atoms with Gasteiger partial charge in [0.2, 0.25) is 0 Å². The number of nitriles is 1. The lowest BCUT2D eigenvalue weighted by molar-refractivity contribution is 0.137. The summed E-state index contributed by atoms with van der Waals surface area (Å²) < 4.78 is 2.10. The normalized spacial score (nSPS) is 20.2. The topological polar surface area (TPSA) is 69.8 Å². The number of hydrogen-bond donors (Lipinski definition) is 1. The van der Waals surface area contributed by atoms with Crippen molar-refractivity contribution >= 4 is 0 Å². The Morgan fingerprint density at radius 1 is 1.45 bits per heavy atom. The van der Waals surface area contributed by atoms with Crippen molar-refractivity contribution in [2.45, 2.75) is 64.8 Å². The average Bonchev–Trinajstić information content (AvgIpc) is 2.84. The third-order valence-electron chi connectivity index (χ3n) is 3.85. The predicted molar refractivity (Wildman–Crippen MR) is 76.8 cm³/mol. The van der Waals surface area contributed by atoms with Gasteiger partial charge in [0.1, 0.15) is 17.7 Å². The lowest BCUT2D eigenvalue weighted by atomic mass is 9.93. The van der Waals surface area contributed by atoms with Gasteiger partial charge in [-0.3, -0.25) is 10.2 Å². The molecule has 2 heterocycles. The van der Waals surface area contributed by atoms with Crippen molar-refractivity contribution in [2.75, 3.05) is 6.54 Å². The van der Waals surface area contributed by atoms with Crippen LogP contribution in [0.25, 0.3) is 0 Å². The lowest BCUT2D eigenvalue weighted by Crippen LogP contribution is -2.50. The third-order valence-corrected chi connectivity index (χ3v) is 3.85. The smallest absolute Gasteiger partial charge is 0.147 e. The van der Waals surface area contributed by atoms with Gasteiger partial charge in [-0.15, -0.1) is 10.2 Å². The molecule has 1 aliphatic heterocycles. The Bertz CT molecular complexity index is 488. The first-order chi connectivity index (χ1) is 9.43. The molecule has 1 N–H and O–H groups in total. The van der Waals surface area contributed by atoms with Crippen molar-refractivity contribution in [1.29, 1.82) is 5.26 Å². The van der Waals surface area contributed by atoms with Gasteiger partial charge in [-0.05, 0) is 34.1 Å². The van der Waals surface area contributed by atoms with E-state index in [4.69, 9.17) is 0 Å². The maximum absolute atomic E-state index is 9.45.